The molecular formula is C20H40IN5O2. The van der Waals surface area contributed by atoms with Crippen LogP contribution in [-0.2, 0) is 9.53 Å². The number of hydrogen-bond acceptors (Lipinski definition) is 4. The van der Waals surface area contributed by atoms with Gasteiger partial charge in [0.05, 0.1) is 12.7 Å². The first-order valence-electron chi connectivity index (χ1n) is 10.7. The number of carbonyl (C=O) groups excluding carboxylic acids is 1. The summed E-state index contributed by atoms with van der Waals surface area (Å²) in [6, 6.07) is 0.333. The van der Waals surface area contributed by atoms with Crippen LogP contribution in [-0.4, -0.2) is 74.8 Å². The van der Waals surface area contributed by atoms with Crippen molar-refractivity contribution in [3.05, 3.63) is 0 Å². The summed E-state index contributed by atoms with van der Waals surface area (Å²) in [5, 5.41) is 9.66. The van der Waals surface area contributed by atoms with Crippen molar-refractivity contribution in [3.63, 3.8) is 0 Å². The number of aliphatic imine (C=N–C) groups is 1. The molecule has 1 atom stereocenters. The van der Waals surface area contributed by atoms with E-state index < -0.39 is 0 Å². The maximum Gasteiger partial charge on any atom is 0.242 e. The maximum atomic E-state index is 12.2. The van der Waals surface area contributed by atoms with Crippen molar-refractivity contribution in [2.75, 3.05) is 45.9 Å². The molecule has 1 aliphatic carbocycles. The van der Waals surface area contributed by atoms with Gasteiger partial charge in [-0.15, -0.1) is 24.0 Å². The minimum absolute atomic E-state index is 0. The second-order valence-electron chi connectivity index (χ2n) is 8.12. The van der Waals surface area contributed by atoms with Crippen LogP contribution in [0.1, 0.15) is 52.9 Å². The molecule has 0 aromatic rings. The van der Waals surface area contributed by atoms with Gasteiger partial charge < -0.3 is 20.7 Å². The van der Waals surface area contributed by atoms with Gasteiger partial charge in [0.25, 0.3) is 0 Å². The maximum absolute atomic E-state index is 12.2. The molecule has 1 unspecified atom stereocenters. The number of morpholine rings is 1. The lowest BCUT2D eigenvalue weighted by Gasteiger charge is -2.34. The molecule has 2 fully saturated rings. The summed E-state index contributed by atoms with van der Waals surface area (Å²) in [6.45, 7) is 12.0. The third-order valence-corrected chi connectivity index (χ3v) is 5.04. The predicted molar refractivity (Wildman–Crippen MR) is 125 cm³/mol. The lowest BCUT2D eigenvalue weighted by atomic mass is 9.95. The van der Waals surface area contributed by atoms with Crippen LogP contribution in [0.4, 0.5) is 0 Å². The number of nitrogens with zero attached hydrogens (tertiary/aromatic N) is 2. The molecule has 0 aromatic heterocycles. The third kappa shape index (κ3) is 10.2. The summed E-state index contributed by atoms with van der Waals surface area (Å²) in [5.41, 5.74) is 0. The molecule has 7 nitrogen and oxygen atoms in total. The van der Waals surface area contributed by atoms with E-state index in [0.717, 1.165) is 45.6 Å². The molecule has 8 heteroatoms. The number of halogens is 1. The standard InChI is InChI=1S/C20H39N5O2.HI/c1-4-21-20(23-13-19(26)24-17-8-6-5-7-9-17)22-12-18-15-25(10-11-27-18)14-16(2)3;/h16-18H,4-15H2,1-3H3,(H,24,26)(H2,21,22,23);1H. The van der Waals surface area contributed by atoms with Crippen LogP contribution in [0.2, 0.25) is 0 Å². The molecule has 28 heavy (non-hydrogen) atoms. The van der Waals surface area contributed by atoms with Crippen molar-refractivity contribution in [1.82, 2.24) is 20.9 Å². The normalized spacial score (nSPS) is 21.9. The molecule has 2 aliphatic rings. The van der Waals surface area contributed by atoms with Gasteiger partial charge in [0.15, 0.2) is 5.96 Å². The van der Waals surface area contributed by atoms with Crippen molar-refractivity contribution < 1.29 is 9.53 Å². The highest BCUT2D eigenvalue weighted by atomic mass is 127. The zero-order chi connectivity index (χ0) is 19.5. The number of nitrogens with one attached hydrogen (secondary N) is 3. The molecule has 1 heterocycles. The average molecular weight is 509 g/mol. The van der Waals surface area contributed by atoms with Crippen molar-refractivity contribution in [1.29, 1.82) is 0 Å². The van der Waals surface area contributed by atoms with Crippen LogP contribution in [0.3, 0.4) is 0 Å². The number of rotatable bonds is 8. The molecule has 1 amide bonds. The average Bonchev–Trinajstić information content (AvgIpc) is 2.64. The SMILES string of the molecule is CCNC(=NCC(=O)NC1CCCCC1)NCC1CN(CC(C)C)CCO1.I. The van der Waals surface area contributed by atoms with Crippen molar-refractivity contribution in [2.24, 2.45) is 10.9 Å². The molecule has 0 spiro atoms. The fourth-order valence-corrected chi connectivity index (χ4v) is 3.81. The zero-order valence-corrected chi connectivity index (χ0v) is 20.2. The molecule has 3 N–H and O–H groups in total. The number of ether oxygens (including phenoxy) is 1. The molecular weight excluding hydrogens is 469 g/mol. The molecule has 0 bridgehead atoms. The minimum atomic E-state index is 0. The van der Waals surface area contributed by atoms with Crippen LogP contribution in [0.15, 0.2) is 4.99 Å². The van der Waals surface area contributed by atoms with Crippen molar-refractivity contribution >= 4 is 35.8 Å². The Hall–Kier alpha value is -0.610. The molecule has 1 saturated carbocycles. The number of guanidine groups is 1. The fourth-order valence-electron chi connectivity index (χ4n) is 3.81. The molecule has 1 saturated heterocycles. The monoisotopic (exact) mass is 509 g/mol. The molecule has 1 aliphatic heterocycles. The summed E-state index contributed by atoms with van der Waals surface area (Å²) in [5.74, 6) is 1.36. The number of hydrogen-bond donors (Lipinski definition) is 3. The Labute approximate surface area is 187 Å². The van der Waals surface area contributed by atoms with Gasteiger partial charge in [-0.1, -0.05) is 33.1 Å². The van der Waals surface area contributed by atoms with E-state index in [0.29, 0.717) is 24.5 Å². The summed E-state index contributed by atoms with van der Waals surface area (Å²) >= 11 is 0. The van der Waals surface area contributed by atoms with Crippen molar-refractivity contribution in [2.45, 2.75) is 65.0 Å². The summed E-state index contributed by atoms with van der Waals surface area (Å²) < 4.78 is 5.88. The topological polar surface area (TPSA) is 78.0 Å². The van der Waals surface area contributed by atoms with E-state index in [1.807, 2.05) is 6.92 Å². The molecule has 0 aromatic carbocycles. The van der Waals surface area contributed by atoms with Gasteiger partial charge in [-0.05, 0) is 25.7 Å². The Kier molecular flexibility index (Phi) is 13.1. The van der Waals surface area contributed by atoms with Gasteiger partial charge in [-0.3, -0.25) is 9.69 Å². The van der Waals surface area contributed by atoms with E-state index in [9.17, 15) is 4.79 Å². The highest BCUT2D eigenvalue weighted by Gasteiger charge is 2.21. The van der Waals surface area contributed by atoms with Gasteiger partial charge in [0, 0.05) is 38.8 Å². The lowest BCUT2D eigenvalue weighted by Crippen LogP contribution is -2.50. The predicted octanol–water partition coefficient (Wildman–Crippen LogP) is 1.97. The quantitative estimate of drug-likeness (QED) is 0.265. The van der Waals surface area contributed by atoms with Crippen LogP contribution in [0.5, 0.6) is 0 Å². The summed E-state index contributed by atoms with van der Waals surface area (Å²) in [4.78, 5) is 19.1. The van der Waals surface area contributed by atoms with Crippen LogP contribution >= 0.6 is 24.0 Å². The lowest BCUT2D eigenvalue weighted by molar-refractivity contribution is -0.120. The first kappa shape index (κ1) is 25.4. The Morgan fingerprint density at radius 2 is 1.96 bits per heavy atom. The van der Waals surface area contributed by atoms with E-state index in [2.05, 4.69) is 39.7 Å². The van der Waals surface area contributed by atoms with Gasteiger partial charge in [-0.2, -0.15) is 0 Å². The van der Waals surface area contributed by atoms with E-state index in [4.69, 9.17) is 4.74 Å². The summed E-state index contributed by atoms with van der Waals surface area (Å²) in [6.07, 6.45) is 6.06. The van der Waals surface area contributed by atoms with E-state index >= 15 is 0 Å². The Morgan fingerprint density at radius 1 is 1.21 bits per heavy atom. The van der Waals surface area contributed by atoms with Gasteiger partial charge in [0.2, 0.25) is 5.91 Å². The van der Waals surface area contributed by atoms with Crippen LogP contribution in [0.25, 0.3) is 0 Å². The van der Waals surface area contributed by atoms with Gasteiger partial charge in [0.1, 0.15) is 6.54 Å². The molecule has 2 rings (SSSR count). The minimum Gasteiger partial charge on any atom is -0.374 e. The second kappa shape index (κ2) is 14.4. The smallest absolute Gasteiger partial charge is 0.242 e. The van der Waals surface area contributed by atoms with E-state index in [1.165, 1.54) is 19.3 Å². The largest absolute Gasteiger partial charge is 0.374 e. The number of amides is 1. The second-order valence-corrected chi connectivity index (χ2v) is 8.12. The van der Waals surface area contributed by atoms with Crippen LogP contribution in [0, 0.1) is 5.92 Å². The molecule has 164 valence electrons. The Morgan fingerprint density at radius 3 is 2.64 bits per heavy atom. The van der Waals surface area contributed by atoms with Gasteiger partial charge >= 0.3 is 0 Å². The summed E-state index contributed by atoms with van der Waals surface area (Å²) in [7, 11) is 0. The van der Waals surface area contributed by atoms with Crippen molar-refractivity contribution in [3.8, 4) is 0 Å². The third-order valence-electron chi connectivity index (χ3n) is 5.04. The zero-order valence-electron chi connectivity index (χ0n) is 17.8. The number of carbonyl (C=O) groups is 1. The van der Waals surface area contributed by atoms with E-state index in [-0.39, 0.29) is 42.5 Å². The Bertz CT molecular complexity index is 470. The highest BCUT2D eigenvalue weighted by Crippen LogP contribution is 2.17. The fraction of sp³-hybridized carbons (Fsp3) is 0.900. The highest BCUT2D eigenvalue weighted by molar-refractivity contribution is 14.0. The Balaban J connectivity index is 0.00000392. The molecule has 0 radical (unpaired) electrons. The van der Waals surface area contributed by atoms with Gasteiger partial charge in [-0.25, -0.2) is 4.99 Å². The van der Waals surface area contributed by atoms with E-state index in [1.54, 1.807) is 0 Å². The van der Waals surface area contributed by atoms with Crippen LogP contribution < -0.4 is 16.0 Å². The first-order chi connectivity index (χ1) is 13.1. The first-order valence-corrected chi connectivity index (χ1v) is 10.7.